The highest BCUT2D eigenvalue weighted by molar-refractivity contribution is 7.98. The second-order valence-electron chi connectivity index (χ2n) is 1.38. The lowest BCUT2D eigenvalue weighted by atomic mass is 10.5. The van der Waals surface area contributed by atoms with Crippen molar-refractivity contribution in [3.05, 3.63) is 0 Å². The standard InChI is InChI=1S/C3H5F2NS/c4-3(5)1-2-6-7-3/h6H,1-2H2. The van der Waals surface area contributed by atoms with Crippen molar-refractivity contribution < 1.29 is 8.78 Å². The molecule has 1 N–H and O–H groups in total. The Balaban J connectivity index is 2.40. The highest BCUT2D eigenvalue weighted by Gasteiger charge is 2.33. The van der Waals surface area contributed by atoms with Crippen LogP contribution in [0.25, 0.3) is 0 Å². The van der Waals surface area contributed by atoms with E-state index >= 15 is 0 Å². The van der Waals surface area contributed by atoms with Crippen LogP contribution in [0.5, 0.6) is 0 Å². The van der Waals surface area contributed by atoms with Gasteiger partial charge in [-0.1, -0.05) is 0 Å². The fourth-order valence-electron chi connectivity index (χ4n) is 0.404. The molecule has 0 radical (unpaired) electrons. The molecule has 1 nitrogen and oxygen atoms in total. The first kappa shape index (κ1) is 5.31. The van der Waals surface area contributed by atoms with Crippen LogP contribution in [0.4, 0.5) is 8.78 Å². The smallest absolute Gasteiger partial charge is 0.259 e. The molecule has 0 atom stereocenters. The third-order valence-electron chi connectivity index (χ3n) is 0.740. The zero-order chi connectivity index (χ0) is 5.33. The van der Waals surface area contributed by atoms with Gasteiger partial charge in [-0.25, -0.2) is 0 Å². The Morgan fingerprint density at radius 1 is 1.57 bits per heavy atom. The molecule has 0 amide bonds. The molecule has 0 aromatic rings. The minimum atomic E-state index is -2.50. The zero-order valence-corrected chi connectivity index (χ0v) is 4.39. The molecule has 0 unspecified atom stereocenters. The van der Waals surface area contributed by atoms with Crippen LogP contribution >= 0.6 is 11.9 Å². The van der Waals surface area contributed by atoms with Gasteiger partial charge in [0.2, 0.25) is 0 Å². The van der Waals surface area contributed by atoms with Crippen molar-refractivity contribution in [2.75, 3.05) is 6.54 Å². The van der Waals surface area contributed by atoms with E-state index in [2.05, 4.69) is 4.72 Å². The third kappa shape index (κ3) is 1.28. The molecule has 0 aromatic heterocycles. The highest BCUT2D eigenvalue weighted by atomic mass is 32.2. The largest absolute Gasteiger partial charge is 0.308 e. The molecule has 0 spiro atoms. The van der Waals surface area contributed by atoms with Gasteiger partial charge in [-0.15, -0.1) is 0 Å². The van der Waals surface area contributed by atoms with Crippen molar-refractivity contribution in [1.29, 1.82) is 0 Å². The van der Waals surface area contributed by atoms with Crippen molar-refractivity contribution in [1.82, 2.24) is 4.72 Å². The zero-order valence-electron chi connectivity index (χ0n) is 3.58. The maximum absolute atomic E-state index is 11.8. The van der Waals surface area contributed by atoms with E-state index in [1.54, 1.807) is 0 Å². The van der Waals surface area contributed by atoms with Crippen molar-refractivity contribution in [2.45, 2.75) is 11.7 Å². The Kier molecular flexibility index (Phi) is 1.21. The van der Waals surface area contributed by atoms with Crippen LogP contribution in [0, 0.1) is 0 Å². The topological polar surface area (TPSA) is 12.0 Å². The molecular weight excluding hydrogens is 120 g/mol. The van der Waals surface area contributed by atoms with Crippen molar-refractivity contribution >= 4 is 11.9 Å². The van der Waals surface area contributed by atoms with Crippen molar-refractivity contribution in [2.24, 2.45) is 0 Å². The number of hydrogen-bond donors (Lipinski definition) is 1. The summed E-state index contributed by atoms with van der Waals surface area (Å²) in [7, 11) is 0. The SMILES string of the molecule is FC1(F)CCNS1. The summed E-state index contributed by atoms with van der Waals surface area (Å²) < 4.78 is 26.2. The maximum Gasteiger partial charge on any atom is 0.308 e. The summed E-state index contributed by atoms with van der Waals surface area (Å²) in [4.78, 5) is 0. The fourth-order valence-corrected chi connectivity index (χ4v) is 1.02. The number of alkyl halides is 2. The lowest BCUT2D eigenvalue weighted by Gasteiger charge is -2.00. The van der Waals surface area contributed by atoms with Gasteiger partial charge in [-0.05, 0) is 11.9 Å². The summed E-state index contributed by atoms with van der Waals surface area (Å²) >= 11 is 0.516. The molecule has 42 valence electrons. The molecule has 1 heterocycles. The molecule has 1 aliphatic heterocycles. The Hall–Kier alpha value is 0.170. The molecule has 0 aliphatic carbocycles. The van der Waals surface area contributed by atoms with Gasteiger partial charge in [0.15, 0.2) is 0 Å². The number of hydrogen-bond acceptors (Lipinski definition) is 2. The molecule has 1 fully saturated rings. The van der Waals surface area contributed by atoms with Crippen LogP contribution in [-0.4, -0.2) is 11.8 Å². The molecule has 0 bridgehead atoms. The number of nitrogens with one attached hydrogen (secondary N) is 1. The van der Waals surface area contributed by atoms with Gasteiger partial charge in [-0.2, -0.15) is 8.78 Å². The summed E-state index contributed by atoms with van der Waals surface area (Å²) in [6.45, 7) is 0.428. The predicted molar refractivity (Wildman–Crippen MR) is 25.2 cm³/mol. The van der Waals surface area contributed by atoms with E-state index in [1.165, 1.54) is 0 Å². The van der Waals surface area contributed by atoms with E-state index in [0.29, 0.717) is 18.5 Å². The summed E-state index contributed by atoms with van der Waals surface area (Å²) in [5, 5.41) is -2.50. The predicted octanol–water partition coefficient (Wildman–Crippen LogP) is 1.22. The average molecular weight is 125 g/mol. The van der Waals surface area contributed by atoms with Gasteiger partial charge >= 0.3 is 5.25 Å². The van der Waals surface area contributed by atoms with E-state index in [9.17, 15) is 8.78 Å². The quantitative estimate of drug-likeness (QED) is 0.488. The average Bonchev–Trinajstić information content (AvgIpc) is 1.84. The van der Waals surface area contributed by atoms with Crippen LogP contribution in [-0.2, 0) is 0 Å². The van der Waals surface area contributed by atoms with Gasteiger partial charge in [0.25, 0.3) is 0 Å². The first-order valence-corrected chi connectivity index (χ1v) is 2.81. The summed E-state index contributed by atoms with van der Waals surface area (Å²) in [5.74, 6) is 0. The van der Waals surface area contributed by atoms with Crippen LogP contribution in [0.3, 0.4) is 0 Å². The van der Waals surface area contributed by atoms with Gasteiger partial charge in [-0.3, -0.25) is 4.72 Å². The van der Waals surface area contributed by atoms with Gasteiger partial charge in [0.1, 0.15) is 0 Å². The highest BCUT2D eigenvalue weighted by Crippen LogP contribution is 2.33. The van der Waals surface area contributed by atoms with E-state index in [0.717, 1.165) is 0 Å². The van der Waals surface area contributed by atoms with Crippen LogP contribution in [0.1, 0.15) is 6.42 Å². The third-order valence-corrected chi connectivity index (χ3v) is 1.59. The molecule has 4 heteroatoms. The van der Waals surface area contributed by atoms with E-state index in [1.807, 2.05) is 0 Å². The van der Waals surface area contributed by atoms with Crippen molar-refractivity contribution in [3.63, 3.8) is 0 Å². The van der Waals surface area contributed by atoms with Gasteiger partial charge in [0.05, 0.1) is 0 Å². The fraction of sp³-hybridized carbons (Fsp3) is 1.00. The van der Waals surface area contributed by atoms with Crippen molar-refractivity contribution in [3.8, 4) is 0 Å². The van der Waals surface area contributed by atoms with Gasteiger partial charge in [0, 0.05) is 13.0 Å². The summed E-state index contributed by atoms with van der Waals surface area (Å²) in [5.41, 5.74) is 0. The molecule has 1 saturated heterocycles. The summed E-state index contributed by atoms with van der Waals surface area (Å²) in [6.07, 6.45) is -0.0301. The Morgan fingerprint density at radius 2 is 2.29 bits per heavy atom. The number of halogens is 2. The van der Waals surface area contributed by atoms with Crippen LogP contribution in [0.15, 0.2) is 0 Å². The lowest BCUT2D eigenvalue weighted by molar-refractivity contribution is 0.107. The second kappa shape index (κ2) is 1.59. The molecule has 1 rings (SSSR count). The minimum Gasteiger partial charge on any atom is -0.259 e. The Bertz CT molecular complexity index is 67.3. The first-order chi connectivity index (χ1) is 3.21. The van der Waals surface area contributed by atoms with E-state index in [-0.39, 0.29) is 6.42 Å². The van der Waals surface area contributed by atoms with Gasteiger partial charge < -0.3 is 0 Å². The lowest BCUT2D eigenvalue weighted by Crippen LogP contribution is -2.02. The molecule has 0 aromatic carbocycles. The maximum atomic E-state index is 11.8. The number of rotatable bonds is 0. The summed E-state index contributed by atoms with van der Waals surface area (Å²) in [6, 6.07) is 0. The van der Waals surface area contributed by atoms with Crippen LogP contribution < -0.4 is 4.72 Å². The first-order valence-electron chi connectivity index (χ1n) is 1.99. The monoisotopic (exact) mass is 125 g/mol. The minimum absolute atomic E-state index is 0.0301. The van der Waals surface area contributed by atoms with Crippen LogP contribution in [0.2, 0.25) is 0 Å². The molecule has 0 saturated carbocycles. The Morgan fingerprint density at radius 3 is 2.43 bits per heavy atom. The normalized spacial score (nSPS) is 28.3. The molecular formula is C3H5F2NS. The second-order valence-corrected chi connectivity index (χ2v) is 2.47. The van der Waals surface area contributed by atoms with E-state index in [4.69, 9.17) is 0 Å². The van der Waals surface area contributed by atoms with E-state index < -0.39 is 5.25 Å². The Labute approximate surface area is 44.6 Å². The molecule has 1 aliphatic rings. The molecule has 7 heavy (non-hydrogen) atoms.